The quantitative estimate of drug-likeness (QED) is 0.851. The zero-order valence-corrected chi connectivity index (χ0v) is 11.5. The highest BCUT2D eigenvalue weighted by atomic mass is 32.1. The van der Waals surface area contributed by atoms with Crippen molar-refractivity contribution in [3.8, 4) is 0 Å². The summed E-state index contributed by atoms with van der Waals surface area (Å²) in [4.78, 5) is 1.61. The van der Waals surface area contributed by atoms with Crippen molar-refractivity contribution < 1.29 is 0 Å². The van der Waals surface area contributed by atoms with Gasteiger partial charge in [-0.3, -0.25) is 0 Å². The van der Waals surface area contributed by atoms with Gasteiger partial charge in [0.2, 0.25) is 0 Å². The minimum absolute atomic E-state index is 0.491. The van der Waals surface area contributed by atoms with Crippen LogP contribution in [0.3, 0.4) is 0 Å². The van der Waals surface area contributed by atoms with Crippen molar-refractivity contribution >= 4 is 11.3 Å². The van der Waals surface area contributed by atoms with E-state index in [1.807, 2.05) is 11.3 Å². The maximum Gasteiger partial charge on any atom is 0.0189 e. The number of rotatable bonds is 3. The molecule has 0 fully saturated rings. The second-order valence-electron chi connectivity index (χ2n) is 5.65. The van der Waals surface area contributed by atoms with Gasteiger partial charge in [0, 0.05) is 11.4 Å². The van der Waals surface area contributed by atoms with Crippen molar-refractivity contribution in [1.82, 2.24) is 0 Å². The molecule has 2 N–H and O–H groups in total. The van der Waals surface area contributed by atoms with Gasteiger partial charge in [-0.2, -0.15) is 0 Å². The third-order valence-corrected chi connectivity index (χ3v) is 5.58. The fourth-order valence-electron chi connectivity index (χ4n) is 2.71. The van der Waals surface area contributed by atoms with E-state index in [-0.39, 0.29) is 0 Å². The summed E-state index contributed by atoms with van der Waals surface area (Å²) in [6.45, 7) is 7.86. The van der Waals surface area contributed by atoms with Crippen LogP contribution in [0, 0.1) is 11.3 Å². The Kier molecular flexibility index (Phi) is 3.41. The molecule has 1 aliphatic carbocycles. The highest BCUT2D eigenvalue weighted by Gasteiger charge is 2.32. The molecule has 1 nitrogen and oxygen atoms in total. The molecule has 0 bridgehead atoms. The second kappa shape index (κ2) is 4.50. The summed E-state index contributed by atoms with van der Waals surface area (Å²) >= 11 is 1.93. The molecular formula is C14H23NS. The molecule has 0 spiro atoms. The third kappa shape index (κ3) is 2.05. The van der Waals surface area contributed by atoms with Crippen LogP contribution in [-0.2, 0) is 19.4 Å². The Morgan fingerprint density at radius 1 is 1.50 bits per heavy atom. The van der Waals surface area contributed by atoms with E-state index in [9.17, 15) is 0 Å². The lowest BCUT2D eigenvalue weighted by Crippen LogP contribution is -2.28. The van der Waals surface area contributed by atoms with Gasteiger partial charge in [0.15, 0.2) is 0 Å². The van der Waals surface area contributed by atoms with Crippen LogP contribution in [0.15, 0.2) is 5.38 Å². The first-order chi connectivity index (χ1) is 7.58. The molecule has 1 aromatic rings. The SMILES string of the molecule is CCC(C)(C)C1CCc2c(CN)csc2C1. The molecule has 1 atom stereocenters. The maximum absolute atomic E-state index is 5.77. The molecule has 2 heteroatoms. The molecule has 16 heavy (non-hydrogen) atoms. The Morgan fingerprint density at radius 3 is 2.88 bits per heavy atom. The van der Waals surface area contributed by atoms with Crippen LogP contribution in [-0.4, -0.2) is 0 Å². The number of fused-ring (bicyclic) bond motifs is 1. The van der Waals surface area contributed by atoms with E-state index in [4.69, 9.17) is 5.73 Å². The monoisotopic (exact) mass is 237 g/mol. The molecule has 1 aliphatic rings. The highest BCUT2D eigenvalue weighted by Crippen LogP contribution is 2.42. The Labute approximate surface area is 103 Å². The zero-order chi connectivity index (χ0) is 11.8. The molecule has 0 aliphatic heterocycles. The van der Waals surface area contributed by atoms with E-state index in [1.165, 1.54) is 31.2 Å². The van der Waals surface area contributed by atoms with E-state index >= 15 is 0 Å². The second-order valence-corrected chi connectivity index (χ2v) is 6.61. The first-order valence-corrected chi connectivity index (χ1v) is 7.24. The van der Waals surface area contributed by atoms with E-state index in [0.717, 1.165) is 5.92 Å². The summed E-state index contributed by atoms with van der Waals surface area (Å²) in [5.41, 5.74) is 9.24. The van der Waals surface area contributed by atoms with E-state index in [1.54, 1.807) is 10.4 Å². The molecule has 1 unspecified atom stereocenters. The van der Waals surface area contributed by atoms with Gasteiger partial charge in [-0.05, 0) is 47.1 Å². The maximum atomic E-state index is 5.77. The molecule has 0 radical (unpaired) electrons. The van der Waals surface area contributed by atoms with Crippen LogP contribution in [0.25, 0.3) is 0 Å². The minimum Gasteiger partial charge on any atom is -0.326 e. The van der Waals surface area contributed by atoms with E-state index in [2.05, 4.69) is 26.2 Å². The van der Waals surface area contributed by atoms with Crippen molar-refractivity contribution in [2.45, 2.75) is 53.0 Å². The molecule has 1 aromatic heterocycles. The van der Waals surface area contributed by atoms with Gasteiger partial charge >= 0.3 is 0 Å². The average molecular weight is 237 g/mol. The summed E-state index contributed by atoms with van der Waals surface area (Å²) in [5.74, 6) is 0.856. The summed E-state index contributed by atoms with van der Waals surface area (Å²) in [7, 11) is 0. The van der Waals surface area contributed by atoms with Gasteiger partial charge in [-0.15, -0.1) is 11.3 Å². The van der Waals surface area contributed by atoms with Crippen LogP contribution in [0.4, 0.5) is 0 Å². The smallest absolute Gasteiger partial charge is 0.0189 e. The highest BCUT2D eigenvalue weighted by molar-refractivity contribution is 7.10. The van der Waals surface area contributed by atoms with Gasteiger partial charge < -0.3 is 5.73 Å². The summed E-state index contributed by atoms with van der Waals surface area (Å²) in [6.07, 6.45) is 5.15. The molecule has 0 amide bonds. The first-order valence-electron chi connectivity index (χ1n) is 6.36. The van der Waals surface area contributed by atoms with Crippen molar-refractivity contribution in [1.29, 1.82) is 0 Å². The largest absolute Gasteiger partial charge is 0.326 e. The van der Waals surface area contributed by atoms with Crippen LogP contribution in [0.5, 0.6) is 0 Å². The van der Waals surface area contributed by atoms with E-state index < -0.39 is 0 Å². The van der Waals surface area contributed by atoms with Crippen LogP contribution in [0.1, 0.15) is 49.6 Å². The molecule has 0 saturated heterocycles. The van der Waals surface area contributed by atoms with Crippen LogP contribution in [0.2, 0.25) is 0 Å². The normalized spacial score (nSPS) is 20.9. The van der Waals surface area contributed by atoms with Crippen LogP contribution < -0.4 is 5.73 Å². The Hall–Kier alpha value is -0.340. The van der Waals surface area contributed by atoms with Gasteiger partial charge in [-0.1, -0.05) is 27.2 Å². The van der Waals surface area contributed by atoms with Gasteiger partial charge in [0.05, 0.1) is 0 Å². The summed E-state index contributed by atoms with van der Waals surface area (Å²) in [6, 6.07) is 0. The summed E-state index contributed by atoms with van der Waals surface area (Å²) in [5, 5.41) is 2.27. The lowest BCUT2D eigenvalue weighted by atomic mass is 9.69. The Balaban J connectivity index is 2.19. The molecule has 1 heterocycles. The molecule has 0 aromatic carbocycles. The van der Waals surface area contributed by atoms with Crippen molar-refractivity contribution in [3.63, 3.8) is 0 Å². The zero-order valence-electron chi connectivity index (χ0n) is 10.7. The lowest BCUT2D eigenvalue weighted by Gasteiger charge is -2.36. The first kappa shape index (κ1) is 12.1. The van der Waals surface area contributed by atoms with E-state index in [0.29, 0.717) is 12.0 Å². The van der Waals surface area contributed by atoms with Crippen molar-refractivity contribution in [2.75, 3.05) is 0 Å². The van der Waals surface area contributed by atoms with Gasteiger partial charge in [0.25, 0.3) is 0 Å². The fraction of sp³-hybridized carbons (Fsp3) is 0.714. The number of thiophene rings is 1. The lowest BCUT2D eigenvalue weighted by molar-refractivity contribution is 0.184. The van der Waals surface area contributed by atoms with Crippen LogP contribution >= 0.6 is 11.3 Å². The molecule has 0 saturated carbocycles. The van der Waals surface area contributed by atoms with Crippen molar-refractivity contribution in [2.24, 2.45) is 17.1 Å². The van der Waals surface area contributed by atoms with Gasteiger partial charge in [-0.25, -0.2) is 0 Å². The molecule has 2 rings (SSSR count). The number of nitrogens with two attached hydrogens (primary N) is 1. The third-order valence-electron chi connectivity index (χ3n) is 4.48. The average Bonchev–Trinajstić information content (AvgIpc) is 2.70. The fourth-order valence-corrected chi connectivity index (χ4v) is 3.90. The Morgan fingerprint density at radius 2 is 2.25 bits per heavy atom. The van der Waals surface area contributed by atoms with Gasteiger partial charge in [0.1, 0.15) is 0 Å². The number of hydrogen-bond donors (Lipinski definition) is 1. The number of hydrogen-bond acceptors (Lipinski definition) is 2. The topological polar surface area (TPSA) is 26.0 Å². The molecule has 90 valence electrons. The van der Waals surface area contributed by atoms with Crippen molar-refractivity contribution in [3.05, 3.63) is 21.4 Å². The molecular weight excluding hydrogens is 214 g/mol. The predicted molar refractivity (Wildman–Crippen MR) is 71.8 cm³/mol. The Bertz CT molecular complexity index is 365. The standard InChI is InChI=1S/C14H23NS/c1-4-14(2,3)11-5-6-12-10(8-15)9-16-13(12)7-11/h9,11H,4-8,15H2,1-3H3. The summed E-state index contributed by atoms with van der Waals surface area (Å²) < 4.78 is 0. The minimum atomic E-state index is 0.491. The predicted octanol–water partition coefficient (Wildman–Crippen LogP) is 3.75.